The average molecular weight is 320 g/mol. The summed E-state index contributed by atoms with van der Waals surface area (Å²) in [5.41, 5.74) is 0. The smallest absolute Gasteiger partial charge is 0.169 e. The van der Waals surface area contributed by atoms with Crippen LogP contribution < -0.4 is 14.8 Å². The topological polar surface area (TPSA) is 30.5 Å². The fourth-order valence-electron chi connectivity index (χ4n) is 2.54. The Hall–Kier alpha value is -1.71. The molecule has 2 aromatic rings. The summed E-state index contributed by atoms with van der Waals surface area (Å²) in [6.45, 7) is 2.91. The lowest BCUT2D eigenvalue weighted by molar-refractivity contribution is 0.213. The molecule has 0 amide bonds. The quantitative estimate of drug-likeness (QED) is 0.892. The largest absolute Gasteiger partial charge is 0.489 e. The molecular formula is C18H22ClNO2. The molecule has 0 aromatic heterocycles. The van der Waals surface area contributed by atoms with Gasteiger partial charge in [0.1, 0.15) is 5.75 Å². The molecule has 1 unspecified atom stereocenters. The van der Waals surface area contributed by atoms with Gasteiger partial charge in [0, 0.05) is 12.5 Å². The van der Waals surface area contributed by atoms with Crippen LogP contribution in [0.25, 0.3) is 0 Å². The van der Waals surface area contributed by atoms with Crippen LogP contribution in [0.4, 0.5) is 0 Å². The van der Waals surface area contributed by atoms with Crippen molar-refractivity contribution in [3.63, 3.8) is 0 Å². The second-order valence-corrected chi connectivity index (χ2v) is 5.39. The van der Waals surface area contributed by atoms with Gasteiger partial charge in [-0.05, 0) is 43.7 Å². The van der Waals surface area contributed by atoms with Crippen LogP contribution in [0, 0.1) is 5.92 Å². The summed E-state index contributed by atoms with van der Waals surface area (Å²) in [7, 11) is 0. The molecule has 1 aliphatic rings. The van der Waals surface area contributed by atoms with Crippen LogP contribution in [0.2, 0.25) is 0 Å². The van der Waals surface area contributed by atoms with Gasteiger partial charge in [-0.25, -0.2) is 0 Å². The van der Waals surface area contributed by atoms with Gasteiger partial charge in [0.2, 0.25) is 0 Å². The summed E-state index contributed by atoms with van der Waals surface area (Å²) in [6.07, 6.45) is 2.46. The van der Waals surface area contributed by atoms with Gasteiger partial charge in [-0.1, -0.05) is 30.3 Å². The molecule has 1 saturated heterocycles. The molecule has 1 aliphatic heterocycles. The van der Waals surface area contributed by atoms with E-state index in [-0.39, 0.29) is 12.4 Å². The number of hydrogen-bond acceptors (Lipinski definition) is 3. The van der Waals surface area contributed by atoms with Gasteiger partial charge in [0.25, 0.3) is 0 Å². The van der Waals surface area contributed by atoms with Crippen molar-refractivity contribution in [1.82, 2.24) is 5.32 Å². The number of benzene rings is 2. The first-order valence-electron chi connectivity index (χ1n) is 7.57. The first-order valence-corrected chi connectivity index (χ1v) is 7.57. The molecule has 2 aromatic carbocycles. The average Bonchev–Trinajstić information content (AvgIpc) is 2.56. The van der Waals surface area contributed by atoms with Crippen LogP contribution in [0.5, 0.6) is 17.2 Å². The first kappa shape index (κ1) is 16.7. The third-order valence-corrected chi connectivity index (χ3v) is 3.69. The van der Waals surface area contributed by atoms with E-state index in [1.807, 2.05) is 54.6 Å². The summed E-state index contributed by atoms with van der Waals surface area (Å²) in [4.78, 5) is 0. The van der Waals surface area contributed by atoms with Gasteiger partial charge in [-0.15, -0.1) is 12.4 Å². The van der Waals surface area contributed by atoms with Crippen molar-refractivity contribution >= 4 is 12.4 Å². The molecule has 22 heavy (non-hydrogen) atoms. The van der Waals surface area contributed by atoms with Gasteiger partial charge in [-0.2, -0.15) is 0 Å². The zero-order valence-corrected chi connectivity index (χ0v) is 13.4. The number of piperidine rings is 1. The van der Waals surface area contributed by atoms with Crippen molar-refractivity contribution < 1.29 is 9.47 Å². The molecule has 1 N–H and O–H groups in total. The van der Waals surface area contributed by atoms with Crippen LogP contribution >= 0.6 is 12.4 Å². The predicted molar refractivity (Wildman–Crippen MR) is 91.3 cm³/mol. The maximum absolute atomic E-state index is 5.98. The third-order valence-electron chi connectivity index (χ3n) is 3.69. The van der Waals surface area contributed by atoms with E-state index in [1.54, 1.807) is 0 Å². The summed E-state index contributed by atoms with van der Waals surface area (Å²) < 4.78 is 11.9. The van der Waals surface area contributed by atoms with Crippen molar-refractivity contribution in [3.8, 4) is 17.2 Å². The fourth-order valence-corrected chi connectivity index (χ4v) is 2.54. The lowest BCUT2D eigenvalue weighted by atomic mass is 10.0. The molecule has 0 spiro atoms. The Morgan fingerprint density at radius 2 is 1.68 bits per heavy atom. The van der Waals surface area contributed by atoms with Crippen molar-refractivity contribution in [3.05, 3.63) is 54.6 Å². The van der Waals surface area contributed by atoms with Crippen molar-refractivity contribution in [2.45, 2.75) is 12.8 Å². The number of para-hydroxylation sites is 3. The van der Waals surface area contributed by atoms with Crippen molar-refractivity contribution in [2.75, 3.05) is 19.7 Å². The molecule has 0 radical (unpaired) electrons. The minimum Gasteiger partial charge on any atom is -0.489 e. The number of nitrogens with one attached hydrogen (secondary N) is 1. The zero-order chi connectivity index (χ0) is 14.3. The van der Waals surface area contributed by atoms with Crippen LogP contribution in [0.1, 0.15) is 12.8 Å². The van der Waals surface area contributed by atoms with E-state index in [4.69, 9.17) is 9.47 Å². The highest BCUT2D eigenvalue weighted by Gasteiger charge is 2.14. The van der Waals surface area contributed by atoms with E-state index in [9.17, 15) is 0 Å². The number of hydrogen-bond donors (Lipinski definition) is 1. The summed E-state index contributed by atoms with van der Waals surface area (Å²) in [5, 5.41) is 3.41. The van der Waals surface area contributed by atoms with Crippen LogP contribution in [-0.2, 0) is 0 Å². The molecular weight excluding hydrogens is 298 g/mol. The normalized spacial score (nSPS) is 17.4. The summed E-state index contributed by atoms with van der Waals surface area (Å²) in [5.74, 6) is 3.00. The molecule has 3 nitrogen and oxygen atoms in total. The van der Waals surface area contributed by atoms with E-state index >= 15 is 0 Å². The first-order chi connectivity index (χ1) is 10.4. The van der Waals surface area contributed by atoms with Gasteiger partial charge in [0.05, 0.1) is 6.61 Å². The highest BCUT2D eigenvalue weighted by atomic mass is 35.5. The molecule has 0 bridgehead atoms. The predicted octanol–water partition coefficient (Wildman–Crippen LogP) is 4.28. The number of halogens is 1. The van der Waals surface area contributed by atoms with E-state index in [0.717, 1.165) is 36.9 Å². The van der Waals surface area contributed by atoms with Crippen molar-refractivity contribution in [2.24, 2.45) is 5.92 Å². The Balaban J connectivity index is 0.00000176. The van der Waals surface area contributed by atoms with Crippen LogP contribution in [0.15, 0.2) is 54.6 Å². The Morgan fingerprint density at radius 1 is 0.955 bits per heavy atom. The van der Waals surface area contributed by atoms with E-state index in [2.05, 4.69) is 5.32 Å². The maximum atomic E-state index is 5.98. The molecule has 3 rings (SSSR count). The van der Waals surface area contributed by atoms with Gasteiger partial charge in [-0.3, -0.25) is 0 Å². The molecule has 1 heterocycles. The zero-order valence-electron chi connectivity index (χ0n) is 12.5. The Labute approximate surface area is 138 Å². The highest BCUT2D eigenvalue weighted by molar-refractivity contribution is 5.85. The van der Waals surface area contributed by atoms with Crippen LogP contribution in [0.3, 0.4) is 0 Å². The second kappa shape index (κ2) is 8.66. The third kappa shape index (κ3) is 4.65. The van der Waals surface area contributed by atoms with E-state index < -0.39 is 0 Å². The second-order valence-electron chi connectivity index (χ2n) is 5.39. The summed E-state index contributed by atoms with van der Waals surface area (Å²) >= 11 is 0. The molecule has 0 saturated carbocycles. The highest BCUT2D eigenvalue weighted by Crippen LogP contribution is 2.31. The van der Waals surface area contributed by atoms with Gasteiger partial charge in [0.15, 0.2) is 11.5 Å². The molecule has 1 atom stereocenters. The molecule has 0 aliphatic carbocycles. The minimum absolute atomic E-state index is 0. The SMILES string of the molecule is Cl.c1ccc(Oc2ccccc2OCC2CCCNC2)cc1. The molecule has 4 heteroatoms. The lowest BCUT2D eigenvalue weighted by Crippen LogP contribution is -2.33. The van der Waals surface area contributed by atoms with Crippen molar-refractivity contribution in [1.29, 1.82) is 0 Å². The Kier molecular flexibility index (Phi) is 6.56. The maximum Gasteiger partial charge on any atom is 0.169 e. The monoisotopic (exact) mass is 319 g/mol. The fraction of sp³-hybridized carbons (Fsp3) is 0.333. The van der Waals surface area contributed by atoms with Crippen LogP contribution in [-0.4, -0.2) is 19.7 Å². The summed E-state index contributed by atoms with van der Waals surface area (Å²) in [6, 6.07) is 17.7. The Morgan fingerprint density at radius 3 is 2.41 bits per heavy atom. The Bertz CT molecular complexity index is 556. The number of rotatable bonds is 5. The van der Waals surface area contributed by atoms with Gasteiger partial charge < -0.3 is 14.8 Å². The van der Waals surface area contributed by atoms with Gasteiger partial charge >= 0.3 is 0 Å². The lowest BCUT2D eigenvalue weighted by Gasteiger charge is -2.23. The standard InChI is InChI=1S/C18H21NO2.ClH/c1-2-8-16(9-3-1)21-18-11-5-4-10-17(18)20-14-15-7-6-12-19-13-15;/h1-5,8-11,15,19H,6-7,12-14H2;1H. The van der Waals surface area contributed by atoms with E-state index in [1.165, 1.54) is 12.8 Å². The molecule has 1 fully saturated rings. The number of ether oxygens (including phenoxy) is 2. The minimum atomic E-state index is 0. The molecule has 118 valence electrons. The van der Waals surface area contributed by atoms with E-state index in [0.29, 0.717) is 5.92 Å².